The van der Waals surface area contributed by atoms with Crippen molar-refractivity contribution >= 4 is 39.8 Å². The van der Waals surface area contributed by atoms with Crippen LogP contribution in [0.4, 0.5) is 17.2 Å². The van der Waals surface area contributed by atoms with Crippen LogP contribution in [0.2, 0.25) is 0 Å². The topological polar surface area (TPSA) is 65.5 Å². The number of anilines is 3. The molecule has 1 aliphatic heterocycles. The summed E-state index contributed by atoms with van der Waals surface area (Å²) in [5, 5.41) is 3.05. The minimum Gasteiger partial charge on any atom is -0.320 e. The van der Waals surface area contributed by atoms with E-state index in [-0.39, 0.29) is 12.4 Å². The summed E-state index contributed by atoms with van der Waals surface area (Å²) in [4.78, 5) is 4.36. The van der Waals surface area contributed by atoms with E-state index in [2.05, 4.69) is 10.3 Å². The number of aryl methyl sites for hydroxylation is 1. The second kappa shape index (κ2) is 8.03. The van der Waals surface area contributed by atoms with Crippen LogP contribution < -0.4 is 13.9 Å². The first-order valence-corrected chi connectivity index (χ1v) is 9.51. The summed E-state index contributed by atoms with van der Waals surface area (Å²) < 4.78 is 29.0. The summed E-state index contributed by atoms with van der Waals surface area (Å²) in [6, 6.07) is 11.1. The molecule has 136 valence electrons. The number of halogens is 1. The number of fused-ring (bicyclic) bond motifs is 1. The Kier molecular flexibility index (Phi) is 6.26. The smallest absolute Gasteiger partial charge is 0.320 e. The molecule has 1 aromatic carbocycles. The summed E-state index contributed by atoms with van der Waals surface area (Å²) in [6.45, 7) is 3.24. The van der Waals surface area contributed by atoms with Crippen molar-refractivity contribution in [3.8, 4) is 0 Å². The van der Waals surface area contributed by atoms with Crippen LogP contribution in [0.15, 0.2) is 42.6 Å². The number of hydrogen-bond donors (Lipinski definition) is 1. The Morgan fingerprint density at radius 2 is 1.84 bits per heavy atom. The summed E-state index contributed by atoms with van der Waals surface area (Å²) in [6.07, 6.45) is 3.34. The van der Waals surface area contributed by atoms with E-state index >= 15 is 0 Å². The molecule has 8 heteroatoms. The van der Waals surface area contributed by atoms with E-state index in [9.17, 15) is 8.42 Å². The molecule has 0 radical (unpaired) electrons. The Morgan fingerprint density at radius 3 is 2.44 bits per heavy atom. The lowest BCUT2D eigenvalue weighted by atomic mass is 10.2. The van der Waals surface area contributed by atoms with Gasteiger partial charge in [-0.05, 0) is 50.2 Å². The second-order valence-electron chi connectivity index (χ2n) is 5.67. The predicted molar refractivity (Wildman–Crippen MR) is 104 cm³/mol. The van der Waals surface area contributed by atoms with Crippen molar-refractivity contribution in [1.29, 1.82) is 0 Å². The minimum absolute atomic E-state index is 0. The van der Waals surface area contributed by atoms with Crippen molar-refractivity contribution in [2.24, 2.45) is 0 Å². The Bertz CT molecular complexity index is 812. The lowest BCUT2D eigenvalue weighted by Gasteiger charge is -2.21. The largest absolute Gasteiger partial charge is 0.332 e. The highest BCUT2D eigenvalue weighted by Gasteiger charge is 2.41. The fourth-order valence-corrected chi connectivity index (χ4v) is 4.52. The number of aromatic nitrogens is 1. The van der Waals surface area contributed by atoms with E-state index in [1.807, 2.05) is 44.3 Å². The van der Waals surface area contributed by atoms with Gasteiger partial charge in [0.15, 0.2) is 0 Å². The molecule has 0 fully saturated rings. The van der Waals surface area contributed by atoms with E-state index in [1.54, 1.807) is 12.3 Å². The number of nitrogens with one attached hydrogen (secondary N) is 1. The fraction of sp³-hybridized carbons (Fsp3) is 0.353. The first kappa shape index (κ1) is 19.5. The van der Waals surface area contributed by atoms with E-state index in [0.717, 1.165) is 24.9 Å². The van der Waals surface area contributed by atoms with Crippen molar-refractivity contribution in [3.05, 3.63) is 48.2 Å². The molecule has 2 aromatic rings. The average molecular weight is 383 g/mol. The number of nitrogens with zero attached hydrogens (tertiary/aromatic N) is 3. The maximum Gasteiger partial charge on any atom is 0.332 e. The van der Waals surface area contributed by atoms with Gasteiger partial charge in [-0.1, -0.05) is 25.1 Å². The van der Waals surface area contributed by atoms with Crippen LogP contribution in [-0.2, 0) is 16.6 Å². The maximum atomic E-state index is 13.1. The van der Waals surface area contributed by atoms with Crippen LogP contribution in [0, 0.1) is 0 Å². The second-order valence-corrected chi connectivity index (χ2v) is 7.37. The van der Waals surface area contributed by atoms with Gasteiger partial charge in [-0.2, -0.15) is 8.42 Å². The number of hydrogen-bond acceptors (Lipinski definition) is 4. The highest BCUT2D eigenvalue weighted by atomic mass is 35.5. The Morgan fingerprint density at radius 1 is 1.12 bits per heavy atom. The molecule has 3 rings (SSSR count). The zero-order valence-corrected chi connectivity index (χ0v) is 16.0. The standard InChI is InChI=1S/C17H22N4O2S.ClH/c1-3-14-9-10-17(19-13-14)21-16-8-5-4-7-15(16)20(24(21,22)23)12-6-11-18-2;/h4-5,7-10,13,18H,3,6,11-12H2,1-2H3;1H. The molecular formula is C17H23ClN4O2S. The van der Waals surface area contributed by atoms with Gasteiger partial charge in [0.2, 0.25) is 0 Å². The van der Waals surface area contributed by atoms with Crippen LogP contribution in [0.5, 0.6) is 0 Å². The van der Waals surface area contributed by atoms with Gasteiger partial charge in [-0.25, -0.2) is 9.29 Å². The van der Waals surface area contributed by atoms with E-state index in [0.29, 0.717) is 23.7 Å². The molecule has 1 aliphatic rings. The zero-order valence-electron chi connectivity index (χ0n) is 14.3. The third kappa shape index (κ3) is 3.58. The van der Waals surface area contributed by atoms with Gasteiger partial charge in [-0.3, -0.25) is 4.31 Å². The highest BCUT2D eigenvalue weighted by Crippen LogP contribution is 2.44. The van der Waals surface area contributed by atoms with Crippen molar-refractivity contribution < 1.29 is 8.42 Å². The van der Waals surface area contributed by atoms with Crippen molar-refractivity contribution in [2.45, 2.75) is 19.8 Å². The molecule has 0 spiro atoms. The van der Waals surface area contributed by atoms with Crippen LogP contribution >= 0.6 is 12.4 Å². The van der Waals surface area contributed by atoms with E-state index in [4.69, 9.17) is 0 Å². The Balaban J connectivity index is 0.00000225. The van der Waals surface area contributed by atoms with Gasteiger partial charge in [0.05, 0.1) is 11.4 Å². The van der Waals surface area contributed by atoms with Crippen LogP contribution in [0.3, 0.4) is 0 Å². The van der Waals surface area contributed by atoms with Crippen LogP contribution in [0.25, 0.3) is 0 Å². The van der Waals surface area contributed by atoms with Gasteiger partial charge >= 0.3 is 10.2 Å². The summed E-state index contributed by atoms with van der Waals surface area (Å²) in [5.74, 6) is 0.427. The Hall–Kier alpha value is -1.83. The van der Waals surface area contributed by atoms with Gasteiger partial charge in [-0.15, -0.1) is 12.4 Å². The van der Waals surface area contributed by atoms with E-state index < -0.39 is 10.2 Å². The number of benzene rings is 1. The first-order chi connectivity index (χ1) is 11.6. The van der Waals surface area contributed by atoms with Gasteiger partial charge in [0, 0.05) is 12.7 Å². The summed E-state index contributed by atoms with van der Waals surface area (Å²) in [5.41, 5.74) is 2.43. The monoisotopic (exact) mass is 382 g/mol. The lowest BCUT2D eigenvalue weighted by Crippen LogP contribution is -2.37. The van der Waals surface area contributed by atoms with Crippen molar-refractivity contribution in [2.75, 3.05) is 28.7 Å². The predicted octanol–water partition coefficient (Wildman–Crippen LogP) is 2.88. The van der Waals surface area contributed by atoms with Crippen LogP contribution in [0.1, 0.15) is 18.9 Å². The van der Waals surface area contributed by atoms with Gasteiger partial charge < -0.3 is 5.32 Å². The first-order valence-electron chi connectivity index (χ1n) is 8.11. The summed E-state index contributed by atoms with van der Waals surface area (Å²) in [7, 11) is -1.80. The fourth-order valence-electron chi connectivity index (χ4n) is 2.82. The van der Waals surface area contributed by atoms with Crippen molar-refractivity contribution in [3.63, 3.8) is 0 Å². The normalized spacial score (nSPS) is 15.0. The highest BCUT2D eigenvalue weighted by molar-refractivity contribution is 7.95. The molecule has 1 aromatic heterocycles. The van der Waals surface area contributed by atoms with Crippen LogP contribution in [-0.4, -0.2) is 33.5 Å². The lowest BCUT2D eigenvalue weighted by molar-refractivity contribution is 0.591. The quantitative estimate of drug-likeness (QED) is 0.780. The molecule has 25 heavy (non-hydrogen) atoms. The molecular weight excluding hydrogens is 360 g/mol. The molecule has 0 amide bonds. The average Bonchev–Trinajstić information content (AvgIpc) is 2.82. The molecule has 0 aliphatic carbocycles. The van der Waals surface area contributed by atoms with Gasteiger partial charge in [0.25, 0.3) is 0 Å². The molecule has 0 bridgehead atoms. The summed E-state index contributed by atoms with van der Waals surface area (Å²) >= 11 is 0. The molecule has 0 saturated heterocycles. The zero-order chi connectivity index (χ0) is 17.2. The SMILES string of the molecule is CCc1ccc(N2c3ccccc3N(CCCNC)S2(=O)=O)nc1.Cl. The molecule has 1 N–H and O–H groups in total. The molecule has 2 heterocycles. The van der Waals surface area contributed by atoms with Crippen molar-refractivity contribution in [1.82, 2.24) is 10.3 Å². The minimum atomic E-state index is -3.66. The number of rotatable bonds is 6. The Labute approximate surface area is 155 Å². The number of pyridine rings is 1. The molecule has 0 saturated carbocycles. The third-order valence-corrected chi connectivity index (χ3v) is 5.87. The third-order valence-electron chi connectivity index (χ3n) is 4.09. The molecule has 0 atom stereocenters. The van der Waals surface area contributed by atoms with Gasteiger partial charge in [0.1, 0.15) is 5.82 Å². The molecule has 0 unspecified atom stereocenters. The molecule has 6 nitrogen and oxygen atoms in total. The van der Waals surface area contributed by atoms with E-state index in [1.165, 1.54) is 8.61 Å². The number of para-hydroxylation sites is 2. The maximum absolute atomic E-state index is 13.1.